The molecule has 3 heterocycles. The van der Waals surface area contributed by atoms with Gasteiger partial charge in [0.1, 0.15) is 6.04 Å². The average molecular weight is 384 g/mol. The zero-order valence-corrected chi connectivity index (χ0v) is 16.3. The summed E-state index contributed by atoms with van der Waals surface area (Å²) in [7, 11) is 0. The summed E-state index contributed by atoms with van der Waals surface area (Å²) in [5.74, 6) is -0.171. The Balaban J connectivity index is 1.50. The standard InChI is InChI=1S/C21H28N4O3/c1-13-3-2-8-24(18(13)10-22)11-14-4-5-15-12-25(21(28)16(15)9-14)17-6-7-19(26)23-20(17)27/h4-5,9,13,17-18H,2-3,6-8,10-12,22H2,1H3,(H,23,26,27). The number of fused-ring (bicyclic) bond motifs is 1. The number of nitrogens with zero attached hydrogens (tertiary/aromatic N) is 2. The van der Waals surface area contributed by atoms with Gasteiger partial charge >= 0.3 is 0 Å². The molecule has 4 rings (SSSR count). The third kappa shape index (κ3) is 3.44. The van der Waals surface area contributed by atoms with Crippen molar-refractivity contribution < 1.29 is 14.4 Å². The highest BCUT2D eigenvalue weighted by molar-refractivity contribution is 6.05. The van der Waals surface area contributed by atoms with E-state index in [1.165, 1.54) is 12.8 Å². The summed E-state index contributed by atoms with van der Waals surface area (Å²) in [6.07, 6.45) is 3.04. The highest BCUT2D eigenvalue weighted by Crippen LogP contribution is 2.30. The molecule has 7 heteroatoms. The zero-order chi connectivity index (χ0) is 19.8. The fourth-order valence-corrected chi connectivity index (χ4v) is 4.85. The van der Waals surface area contributed by atoms with Gasteiger partial charge in [-0.1, -0.05) is 19.1 Å². The van der Waals surface area contributed by atoms with E-state index in [0.29, 0.717) is 37.0 Å². The highest BCUT2D eigenvalue weighted by Gasteiger charge is 2.39. The number of hydrogen-bond donors (Lipinski definition) is 2. The third-order valence-corrected chi connectivity index (χ3v) is 6.45. The van der Waals surface area contributed by atoms with E-state index in [1.807, 2.05) is 12.1 Å². The molecule has 1 aromatic carbocycles. The molecule has 3 atom stereocenters. The van der Waals surface area contributed by atoms with Crippen LogP contribution in [0.25, 0.3) is 0 Å². The van der Waals surface area contributed by atoms with Crippen LogP contribution in [0.15, 0.2) is 18.2 Å². The zero-order valence-electron chi connectivity index (χ0n) is 16.3. The Hall–Kier alpha value is -2.25. The molecule has 0 spiro atoms. The topological polar surface area (TPSA) is 95.7 Å². The largest absolute Gasteiger partial charge is 0.329 e. The van der Waals surface area contributed by atoms with E-state index in [0.717, 1.165) is 24.2 Å². The number of carbonyl (C=O) groups excluding carboxylic acids is 3. The molecule has 0 aromatic heterocycles. The molecule has 2 fully saturated rings. The van der Waals surface area contributed by atoms with E-state index < -0.39 is 6.04 Å². The van der Waals surface area contributed by atoms with Gasteiger partial charge in [0.05, 0.1) is 0 Å². The molecule has 3 unspecified atom stereocenters. The molecular formula is C21H28N4O3. The van der Waals surface area contributed by atoms with Crippen molar-refractivity contribution in [3.8, 4) is 0 Å². The van der Waals surface area contributed by atoms with Gasteiger partial charge in [-0.05, 0) is 48.9 Å². The predicted octanol–water partition coefficient (Wildman–Crippen LogP) is 1.01. The number of likely N-dealkylation sites (tertiary alicyclic amines) is 1. The molecule has 0 aliphatic carbocycles. The van der Waals surface area contributed by atoms with Crippen molar-refractivity contribution in [2.75, 3.05) is 13.1 Å². The predicted molar refractivity (Wildman–Crippen MR) is 104 cm³/mol. The minimum absolute atomic E-state index is 0.117. The Morgan fingerprint density at radius 2 is 2.04 bits per heavy atom. The number of imide groups is 1. The Kier molecular flexibility index (Phi) is 5.21. The van der Waals surface area contributed by atoms with Crippen LogP contribution < -0.4 is 11.1 Å². The molecule has 3 aliphatic rings. The molecule has 3 amide bonds. The van der Waals surface area contributed by atoms with E-state index in [-0.39, 0.29) is 24.1 Å². The van der Waals surface area contributed by atoms with Gasteiger partial charge in [0.2, 0.25) is 11.8 Å². The monoisotopic (exact) mass is 384 g/mol. The SMILES string of the molecule is CC1CCCN(Cc2ccc3c(c2)C(=O)N(C2CCC(=O)NC2=O)C3)C1CN. The van der Waals surface area contributed by atoms with Crippen LogP contribution in [0.1, 0.15) is 54.1 Å². The van der Waals surface area contributed by atoms with Crippen molar-refractivity contribution in [2.45, 2.75) is 57.8 Å². The average Bonchev–Trinajstić information content (AvgIpc) is 2.98. The van der Waals surface area contributed by atoms with E-state index in [4.69, 9.17) is 5.73 Å². The lowest BCUT2D eigenvalue weighted by molar-refractivity contribution is -0.136. The summed E-state index contributed by atoms with van der Waals surface area (Å²) in [5, 5.41) is 2.34. The fourth-order valence-electron chi connectivity index (χ4n) is 4.85. The number of carbonyl (C=O) groups is 3. The maximum Gasteiger partial charge on any atom is 0.255 e. The van der Waals surface area contributed by atoms with Crippen molar-refractivity contribution in [2.24, 2.45) is 11.7 Å². The number of amides is 3. The minimum Gasteiger partial charge on any atom is -0.329 e. The molecule has 1 aromatic rings. The number of benzene rings is 1. The van der Waals surface area contributed by atoms with Crippen molar-refractivity contribution in [1.29, 1.82) is 0 Å². The molecule has 0 bridgehead atoms. The molecule has 2 saturated heterocycles. The van der Waals surface area contributed by atoms with Crippen LogP contribution in [0.2, 0.25) is 0 Å². The molecule has 0 radical (unpaired) electrons. The lowest BCUT2D eigenvalue weighted by Gasteiger charge is -2.39. The Labute approximate surface area is 165 Å². The van der Waals surface area contributed by atoms with Crippen molar-refractivity contribution in [3.05, 3.63) is 34.9 Å². The number of nitrogens with two attached hydrogens (primary N) is 1. The number of nitrogens with one attached hydrogen (secondary N) is 1. The van der Waals surface area contributed by atoms with Crippen LogP contribution in [0.4, 0.5) is 0 Å². The summed E-state index contributed by atoms with van der Waals surface area (Å²) < 4.78 is 0. The second-order valence-electron chi connectivity index (χ2n) is 8.28. The fraction of sp³-hybridized carbons (Fsp3) is 0.571. The maximum absolute atomic E-state index is 13.0. The molecule has 0 saturated carbocycles. The number of rotatable bonds is 4. The Morgan fingerprint density at radius 1 is 1.21 bits per heavy atom. The first-order valence-electron chi connectivity index (χ1n) is 10.2. The molecule has 3 aliphatic heterocycles. The summed E-state index contributed by atoms with van der Waals surface area (Å²) in [5.41, 5.74) is 8.73. The Bertz CT molecular complexity index is 809. The molecule has 150 valence electrons. The summed E-state index contributed by atoms with van der Waals surface area (Å²) in [6.45, 7) is 5.14. The van der Waals surface area contributed by atoms with Crippen LogP contribution >= 0.6 is 0 Å². The van der Waals surface area contributed by atoms with Crippen molar-refractivity contribution >= 4 is 17.7 Å². The van der Waals surface area contributed by atoms with E-state index in [2.05, 4.69) is 23.2 Å². The van der Waals surface area contributed by atoms with Crippen LogP contribution in [-0.2, 0) is 22.7 Å². The third-order valence-electron chi connectivity index (χ3n) is 6.45. The molecule has 7 nitrogen and oxygen atoms in total. The first-order valence-corrected chi connectivity index (χ1v) is 10.2. The number of piperidine rings is 2. The van der Waals surface area contributed by atoms with Gasteiger partial charge in [-0.3, -0.25) is 24.6 Å². The smallest absolute Gasteiger partial charge is 0.255 e. The second-order valence-corrected chi connectivity index (χ2v) is 8.28. The van der Waals surface area contributed by atoms with E-state index >= 15 is 0 Å². The first-order chi connectivity index (χ1) is 13.5. The van der Waals surface area contributed by atoms with Crippen LogP contribution in [0, 0.1) is 5.92 Å². The van der Waals surface area contributed by atoms with Gasteiger partial charge in [-0.15, -0.1) is 0 Å². The minimum atomic E-state index is -0.564. The summed E-state index contributed by atoms with van der Waals surface area (Å²) in [6, 6.07) is 5.85. The molecule has 3 N–H and O–H groups in total. The van der Waals surface area contributed by atoms with E-state index in [9.17, 15) is 14.4 Å². The van der Waals surface area contributed by atoms with Crippen LogP contribution in [0.5, 0.6) is 0 Å². The van der Waals surface area contributed by atoms with Crippen LogP contribution in [0.3, 0.4) is 0 Å². The summed E-state index contributed by atoms with van der Waals surface area (Å²) >= 11 is 0. The van der Waals surface area contributed by atoms with Crippen molar-refractivity contribution in [1.82, 2.24) is 15.1 Å². The second kappa shape index (κ2) is 7.64. The van der Waals surface area contributed by atoms with Crippen molar-refractivity contribution in [3.63, 3.8) is 0 Å². The van der Waals surface area contributed by atoms with Gasteiger partial charge in [0.15, 0.2) is 0 Å². The van der Waals surface area contributed by atoms with Gasteiger partial charge in [0, 0.05) is 37.7 Å². The molecular weight excluding hydrogens is 356 g/mol. The van der Waals surface area contributed by atoms with Gasteiger partial charge in [-0.2, -0.15) is 0 Å². The first kappa shape index (κ1) is 19.1. The maximum atomic E-state index is 13.0. The van der Waals surface area contributed by atoms with Gasteiger partial charge < -0.3 is 10.6 Å². The summed E-state index contributed by atoms with van der Waals surface area (Å²) in [4.78, 5) is 40.6. The van der Waals surface area contributed by atoms with E-state index in [1.54, 1.807) is 4.90 Å². The Morgan fingerprint density at radius 3 is 2.79 bits per heavy atom. The number of hydrogen-bond acceptors (Lipinski definition) is 5. The lowest BCUT2D eigenvalue weighted by Crippen LogP contribution is -2.52. The quantitative estimate of drug-likeness (QED) is 0.756. The normalized spacial score (nSPS) is 28.4. The lowest BCUT2D eigenvalue weighted by atomic mass is 9.90. The van der Waals surface area contributed by atoms with Crippen LogP contribution in [-0.4, -0.2) is 52.7 Å². The van der Waals surface area contributed by atoms with Gasteiger partial charge in [0.25, 0.3) is 5.91 Å². The highest BCUT2D eigenvalue weighted by atomic mass is 16.2. The van der Waals surface area contributed by atoms with Gasteiger partial charge in [-0.25, -0.2) is 0 Å². The molecule has 28 heavy (non-hydrogen) atoms.